The van der Waals surface area contributed by atoms with Crippen molar-refractivity contribution in [3.05, 3.63) is 29.3 Å². The number of halogens is 1. The lowest BCUT2D eigenvalue weighted by Crippen LogP contribution is -2.39. The van der Waals surface area contributed by atoms with E-state index in [2.05, 4.69) is 5.32 Å². The van der Waals surface area contributed by atoms with Crippen LogP contribution in [-0.4, -0.2) is 25.5 Å². The van der Waals surface area contributed by atoms with Gasteiger partial charge < -0.3 is 10.2 Å². The second-order valence-corrected chi connectivity index (χ2v) is 4.32. The molecule has 1 saturated heterocycles. The summed E-state index contributed by atoms with van der Waals surface area (Å²) in [5.41, 5.74) is 0.890. The number of nitrogens with zero attached hydrogens (tertiary/aromatic N) is 1. The van der Waals surface area contributed by atoms with Crippen molar-refractivity contribution in [1.29, 1.82) is 0 Å². The minimum atomic E-state index is 0.184. The van der Waals surface area contributed by atoms with E-state index >= 15 is 0 Å². The van der Waals surface area contributed by atoms with E-state index in [1.165, 1.54) is 0 Å². The van der Waals surface area contributed by atoms with E-state index in [-0.39, 0.29) is 5.91 Å². The van der Waals surface area contributed by atoms with E-state index in [0.29, 0.717) is 18.0 Å². The molecule has 1 aliphatic rings. The van der Waals surface area contributed by atoms with E-state index < -0.39 is 0 Å². The molecule has 1 amide bonds. The average molecular weight is 239 g/mol. The van der Waals surface area contributed by atoms with Crippen molar-refractivity contribution in [2.75, 3.05) is 24.5 Å². The Morgan fingerprint density at radius 2 is 2.19 bits per heavy atom. The van der Waals surface area contributed by atoms with Crippen molar-refractivity contribution < 1.29 is 4.79 Å². The molecular formula is C12H15ClN2O. The molecule has 1 N–H and O–H groups in total. The number of amides is 1. The number of benzene rings is 1. The first-order chi connectivity index (χ1) is 7.77. The highest BCUT2D eigenvalue weighted by Gasteiger charge is 2.16. The summed E-state index contributed by atoms with van der Waals surface area (Å²) in [6, 6.07) is 7.45. The lowest BCUT2D eigenvalue weighted by Gasteiger charge is -2.25. The highest BCUT2D eigenvalue weighted by atomic mass is 35.5. The molecule has 0 bridgehead atoms. The maximum Gasteiger partial charge on any atom is 0.227 e. The van der Waals surface area contributed by atoms with Gasteiger partial charge in [-0.15, -0.1) is 0 Å². The summed E-state index contributed by atoms with van der Waals surface area (Å²) in [7, 11) is 0. The summed E-state index contributed by atoms with van der Waals surface area (Å²) in [5, 5.41) is 3.96. The van der Waals surface area contributed by atoms with Gasteiger partial charge in [-0.1, -0.05) is 17.7 Å². The Bertz CT molecular complexity index is 381. The molecule has 0 aliphatic carbocycles. The van der Waals surface area contributed by atoms with E-state index in [4.69, 9.17) is 11.6 Å². The Morgan fingerprint density at radius 1 is 1.31 bits per heavy atom. The average Bonchev–Trinajstić information content (AvgIpc) is 2.24. The molecule has 4 heteroatoms. The molecule has 1 aliphatic heterocycles. The first kappa shape index (κ1) is 11.4. The number of nitrogens with one attached hydrogen (secondary N) is 1. The molecule has 0 atom stereocenters. The van der Waals surface area contributed by atoms with Crippen LogP contribution >= 0.6 is 11.6 Å². The van der Waals surface area contributed by atoms with Gasteiger partial charge in [0.15, 0.2) is 0 Å². The van der Waals surface area contributed by atoms with Gasteiger partial charge in [0, 0.05) is 30.2 Å². The lowest BCUT2D eigenvalue weighted by molar-refractivity contribution is -0.118. The summed E-state index contributed by atoms with van der Waals surface area (Å²) in [5.74, 6) is 0.184. The zero-order chi connectivity index (χ0) is 11.4. The van der Waals surface area contributed by atoms with Crippen LogP contribution in [0.5, 0.6) is 0 Å². The topological polar surface area (TPSA) is 32.3 Å². The smallest absolute Gasteiger partial charge is 0.227 e. The molecule has 16 heavy (non-hydrogen) atoms. The Labute approximate surface area is 100 Å². The van der Waals surface area contributed by atoms with Gasteiger partial charge in [0.05, 0.1) is 0 Å². The zero-order valence-corrected chi connectivity index (χ0v) is 9.83. The predicted octanol–water partition coefficient (Wildman–Crippen LogP) is 2.06. The molecule has 1 heterocycles. The number of hydrogen-bond acceptors (Lipinski definition) is 2. The van der Waals surface area contributed by atoms with E-state index in [1.54, 1.807) is 4.90 Å². The molecule has 0 unspecified atom stereocenters. The monoisotopic (exact) mass is 238 g/mol. The van der Waals surface area contributed by atoms with Crippen LogP contribution in [0, 0.1) is 0 Å². The van der Waals surface area contributed by atoms with Crippen molar-refractivity contribution in [2.24, 2.45) is 0 Å². The summed E-state index contributed by atoms with van der Waals surface area (Å²) in [6.45, 7) is 2.46. The van der Waals surface area contributed by atoms with Crippen LogP contribution in [0.2, 0.25) is 5.02 Å². The second-order valence-electron chi connectivity index (χ2n) is 3.88. The highest BCUT2D eigenvalue weighted by Crippen LogP contribution is 2.20. The van der Waals surface area contributed by atoms with Gasteiger partial charge in [0.2, 0.25) is 5.91 Å². The Hall–Kier alpha value is -1.06. The van der Waals surface area contributed by atoms with Crippen molar-refractivity contribution >= 4 is 23.2 Å². The molecule has 2 rings (SSSR count). The number of carbonyl (C=O) groups excluding carboxylic acids is 1. The number of rotatable bonds is 1. The normalized spacial score (nSPS) is 18.1. The number of hydrogen-bond donors (Lipinski definition) is 1. The molecule has 86 valence electrons. The van der Waals surface area contributed by atoms with Gasteiger partial charge in [-0.2, -0.15) is 0 Å². The fourth-order valence-corrected chi connectivity index (χ4v) is 2.04. The van der Waals surface area contributed by atoms with Crippen LogP contribution in [-0.2, 0) is 4.79 Å². The van der Waals surface area contributed by atoms with Crippen molar-refractivity contribution in [2.45, 2.75) is 12.8 Å². The molecule has 0 saturated carbocycles. The first-order valence-electron chi connectivity index (χ1n) is 5.54. The molecule has 3 nitrogen and oxygen atoms in total. The van der Waals surface area contributed by atoms with Crippen molar-refractivity contribution in [1.82, 2.24) is 5.32 Å². The molecule has 0 aromatic heterocycles. The summed E-state index contributed by atoms with van der Waals surface area (Å²) >= 11 is 5.93. The van der Waals surface area contributed by atoms with Gasteiger partial charge in [-0.3, -0.25) is 4.79 Å². The molecule has 0 radical (unpaired) electrons. The third-order valence-electron chi connectivity index (χ3n) is 2.68. The number of anilines is 1. The molecule has 1 aromatic rings. The van der Waals surface area contributed by atoms with Crippen LogP contribution in [0.25, 0.3) is 0 Å². The van der Waals surface area contributed by atoms with Gasteiger partial charge in [-0.05, 0) is 31.2 Å². The zero-order valence-electron chi connectivity index (χ0n) is 9.08. The van der Waals surface area contributed by atoms with Gasteiger partial charge in [0.1, 0.15) is 0 Å². The molecule has 1 aromatic carbocycles. The third kappa shape index (κ3) is 2.74. The van der Waals surface area contributed by atoms with Crippen LogP contribution < -0.4 is 10.2 Å². The fraction of sp³-hybridized carbons (Fsp3) is 0.417. The van der Waals surface area contributed by atoms with Crippen molar-refractivity contribution in [3.8, 4) is 0 Å². The van der Waals surface area contributed by atoms with E-state index in [1.807, 2.05) is 24.3 Å². The van der Waals surface area contributed by atoms with Gasteiger partial charge >= 0.3 is 0 Å². The van der Waals surface area contributed by atoms with Crippen LogP contribution in [0.3, 0.4) is 0 Å². The maximum absolute atomic E-state index is 11.9. The largest absolute Gasteiger partial charge is 0.315 e. The summed E-state index contributed by atoms with van der Waals surface area (Å²) in [6.07, 6.45) is 1.50. The molecular weight excluding hydrogens is 224 g/mol. The Kier molecular flexibility index (Phi) is 3.80. The standard InChI is InChI=1S/C12H15ClN2O/c13-10-3-1-4-11(9-10)15-8-7-14-6-2-5-12(15)16/h1,3-4,9,14H,2,5-8H2. The third-order valence-corrected chi connectivity index (χ3v) is 2.91. The quantitative estimate of drug-likeness (QED) is 0.812. The molecule has 1 fully saturated rings. The highest BCUT2D eigenvalue weighted by molar-refractivity contribution is 6.30. The van der Waals surface area contributed by atoms with E-state index in [0.717, 1.165) is 25.2 Å². The lowest BCUT2D eigenvalue weighted by atomic mass is 10.2. The minimum Gasteiger partial charge on any atom is -0.315 e. The van der Waals surface area contributed by atoms with Crippen molar-refractivity contribution in [3.63, 3.8) is 0 Å². The van der Waals surface area contributed by atoms with Gasteiger partial charge in [-0.25, -0.2) is 0 Å². The first-order valence-corrected chi connectivity index (χ1v) is 5.92. The van der Waals surface area contributed by atoms with Crippen LogP contribution in [0.15, 0.2) is 24.3 Å². The van der Waals surface area contributed by atoms with Crippen LogP contribution in [0.4, 0.5) is 5.69 Å². The minimum absolute atomic E-state index is 0.184. The Morgan fingerprint density at radius 3 is 3.00 bits per heavy atom. The van der Waals surface area contributed by atoms with Crippen LogP contribution in [0.1, 0.15) is 12.8 Å². The number of carbonyl (C=O) groups is 1. The summed E-state index contributed by atoms with van der Waals surface area (Å²) in [4.78, 5) is 13.7. The SMILES string of the molecule is O=C1CCCNCCN1c1cccc(Cl)c1. The Balaban J connectivity index is 2.19. The maximum atomic E-state index is 11.9. The van der Waals surface area contributed by atoms with Gasteiger partial charge in [0.25, 0.3) is 0 Å². The summed E-state index contributed by atoms with van der Waals surface area (Å²) < 4.78 is 0. The predicted molar refractivity (Wildman–Crippen MR) is 65.9 cm³/mol. The second kappa shape index (κ2) is 5.32. The molecule has 0 spiro atoms. The van der Waals surface area contributed by atoms with E-state index in [9.17, 15) is 4.79 Å². The fourth-order valence-electron chi connectivity index (χ4n) is 1.86.